The SMILES string of the molecule is CSc1nc2scc(-c3ccc([N+](=O)[O-])cc3)n2c(=O)c1C#N. The van der Waals surface area contributed by atoms with Crippen LogP contribution in [0.5, 0.6) is 0 Å². The Morgan fingerprint density at radius 3 is 2.65 bits per heavy atom. The fourth-order valence-corrected chi connectivity index (χ4v) is 3.59. The second-order valence-corrected chi connectivity index (χ2v) is 6.09. The number of hydrogen-bond acceptors (Lipinski definition) is 7. The molecule has 2 aromatic heterocycles. The molecule has 7 nitrogen and oxygen atoms in total. The number of nitro benzene ring substituents is 1. The van der Waals surface area contributed by atoms with E-state index in [1.165, 1.54) is 39.6 Å². The Labute approximate surface area is 138 Å². The summed E-state index contributed by atoms with van der Waals surface area (Å²) in [5.74, 6) is 0. The Morgan fingerprint density at radius 2 is 2.09 bits per heavy atom. The smallest absolute Gasteiger partial charge is 0.267 e. The third kappa shape index (κ3) is 2.48. The van der Waals surface area contributed by atoms with Gasteiger partial charge in [-0.05, 0) is 18.4 Å². The fraction of sp³-hybridized carbons (Fsp3) is 0.0714. The van der Waals surface area contributed by atoms with Gasteiger partial charge < -0.3 is 0 Å². The molecule has 0 spiro atoms. The minimum atomic E-state index is -0.484. The average Bonchev–Trinajstić information content (AvgIpc) is 2.98. The highest BCUT2D eigenvalue weighted by Crippen LogP contribution is 2.27. The van der Waals surface area contributed by atoms with Gasteiger partial charge in [-0.1, -0.05) is 0 Å². The summed E-state index contributed by atoms with van der Waals surface area (Å²) < 4.78 is 1.37. The third-order valence-corrected chi connectivity index (χ3v) is 4.72. The maximum atomic E-state index is 12.6. The molecule has 114 valence electrons. The summed E-state index contributed by atoms with van der Waals surface area (Å²) >= 11 is 2.52. The van der Waals surface area contributed by atoms with E-state index in [4.69, 9.17) is 0 Å². The zero-order chi connectivity index (χ0) is 16.6. The van der Waals surface area contributed by atoms with Gasteiger partial charge in [0.15, 0.2) is 4.96 Å². The van der Waals surface area contributed by atoms with Crippen molar-refractivity contribution >= 4 is 33.7 Å². The molecule has 0 fully saturated rings. The molecule has 0 unspecified atom stereocenters. The quantitative estimate of drug-likeness (QED) is 0.313. The molecular formula is C14H8N4O3S2. The molecule has 23 heavy (non-hydrogen) atoms. The van der Waals surface area contributed by atoms with Crippen LogP contribution in [0.3, 0.4) is 0 Å². The molecule has 0 atom stereocenters. The van der Waals surface area contributed by atoms with E-state index in [0.29, 0.717) is 21.2 Å². The number of rotatable bonds is 3. The Bertz CT molecular complexity index is 1020. The summed E-state index contributed by atoms with van der Waals surface area (Å²) in [6.45, 7) is 0. The van der Waals surface area contributed by atoms with Crippen molar-refractivity contribution in [3.63, 3.8) is 0 Å². The minimum Gasteiger partial charge on any atom is -0.267 e. The van der Waals surface area contributed by atoms with Crippen molar-refractivity contribution in [2.45, 2.75) is 5.03 Å². The lowest BCUT2D eigenvalue weighted by atomic mass is 10.1. The van der Waals surface area contributed by atoms with Gasteiger partial charge in [-0.2, -0.15) is 5.26 Å². The van der Waals surface area contributed by atoms with Gasteiger partial charge in [-0.15, -0.1) is 23.1 Å². The summed E-state index contributed by atoms with van der Waals surface area (Å²) in [7, 11) is 0. The van der Waals surface area contributed by atoms with Gasteiger partial charge in [0.2, 0.25) is 0 Å². The maximum Gasteiger partial charge on any atom is 0.278 e. The van der Waals surface area contributed by atoms with Crippen LogP contribution in [0.25, 0.3) is 16.2 Å². The molecule has 9 heteroatoms. The molecular weight excluding hydrogens is 336 g/mol. The lowest BCUT2D eigenvalue weighted by Gasteiger charge is -2.04. The molecule has 2 heterocycles. The molecule has 0 saturated heterocycles. The van der Waals surface area contributed by atoms with Gasteiger partial charge in [0.1, 0.15) is 16.7 Å². The van der Waals surface area contributed by atoms with E-state index in [2.05, 4.69) is 4.98 Å². The number of benzene rings is 1. The van der Waals surface area contributed by atoms with Crippen molar-refractivity contribution < 1.29 is 4.92 Å². The van der Waals surface area contributed by atoms with Crippen LogP contribution in [-0.2, 0) is 0 Å². The summed E-state index contributed by atoms with van der Waals surface area (Å²) in [5.41, 5.74) is 0.738. The number of hydrogen-bond donors (Lipinski definition) is 0. The van der Waals surface area contributed by atoms with Crippen LogP contribution in [0.2, 0.25) is 0 Å². The van der Waals surface area contributed by atoms with E-state index < -0.39 is 10.5 Å². The van der Waals surface area contributed by atoms with E-state index >= 15 is 0 Å². The first kappa shape index (κ1) is 15.2. The van der Waals surface area contributed by atoms with Crippen molar-refractivity contribution in [1.29, 1.82) is 5.26 Å². The number of aromatic nitrogens is 2. The van der Waals surface area contributed by atoms with E-state index in [1.807, 2.05) is 6.07 Å². The van der Waals surface area contributed by atoms with E-state index in [1.54, 1.807) is 23.8 Å². The number of fused-ring (bicyclic) bond motifs is 1. The zero-order valence-corrected chi connectivity index (χ0v) is 13.3. The van der Waals surface area contributed by atoms with Gasteiger partial charge in [-0.3, -0.25) is 14.9 Å². The van der Waals surface area contributed by atoms with Crippen LogP contribution >= 0.6 is 23.1 Å². The van der Waals surface area contributed by atoms with Crippen molar-refractivity contribution in [3.05, 3.63) is 55.7 Å². The Morgan fingerprint density at radius 1 is 1.39 bits per heavy atom. The first-order chi connectivity index (χ1) is 11.1. The molecule has 3 aromatic rings. The highest BCUT2D eigenvalue weighted by Gasteiger charge is 2.17. The first-order valence-corrected chi connectivity index (χ1v) is 8.40. The third-order valence-electron chi connectivity index (χ3n) is 3.22. The standard InChI is InChI=1S/C14H8N4O3S2/c1-22-12-10(6-15)13(19)17-11(7-23-14(17)16-12)8-2-4-9(5-3-8)18(20)21/h2-5,7H,1H3. The summed E-state index contributed by atoms with van der Waals surface area (Å²) in [6, 6.07) is 7.79. The van der Waals surface area contributed by atoms with Gasteiger partial charge in [-0.25, -0.2) is 9.38 Å². The van der Waals surface area contributed by atoms with Crippen LogP contribution in [0.15, 0.2) is 39.5 Å². The van der Waals surface area contributed by atoms with Crippen LogP contribution in [0.1, 0.15) is 5.56 Å². The lowest BCUT2D eigenvalue weighted by Crippen LogP contribution is -2.18. The Kier molecular flexibility index (Phi) is 3.85. The molecule has 0 aliphatic rings. The predicted molar refractivity (Wildman–Crippen MR) is 87.9 cm³/mol. The molecule has 0 aliphatic heterocycles. The van der Waals surface area contributed by atoms with Crippen LogP contribution in [0, 0.1) is 21.4 Å². The Balaban J connectivity index is 2.25. The van der Waals surface area contributed by atoms with E-state index in [0.717, 1.165) is 0 Å². The number of nitro groups is 1. The largest absolute Gasteiger partial charge is 0.278 e. The number of nitrogens with zero attached hydrogens (tertiary/aromatic N) is 4. The van der Waals surface area contributed by atoms with Crippen molar-refractivity contribution in [1.82, 2.24) is 9.38 Å². The zero-order valence-electron chi connectivity index (χ0n) is 11.7. The molecule has 0 amide bonds. The number of thioether (sulfide) groups is 1. The monoisotopic (exact) mass is 344 g/mol. The van der Waals surface area contributed by atoms with Gasteiger partial charge in [0.25, 0.3) is 11.2 Å². The Hall–Kier alpha value is -2.70. The van der Waals surface area contributed by atoms with Crippen molar-refractivity contribution in [2.75, 3.05) is 6.26 Å². The normalized spacial score (nSPS) is 10.6. The van der Waals surface area contributed by atoms with E-state index in [-0.39, 0.29) is 11.3 Å². The van der Waals surface area contributed by atoms with Crippen molar-refractivity contribution in [2.24, 2.45) is 0 Å². The molecule has 0 aliphatic carbocycles. The number of non-ortho nitro benzene ring substituents is 1. The number of nitriles is 1. The van der Waals surface area contributed by atoms with Gasteiger partial charge in [0.05, 0.1) is 10.6 Å². The number of thiazole rings is 1. The predicted octanol–water partition coefficient (Wildman–Crippen LogP) is 2.92. The topological polar surface area (TPSA) is 101 Å². The summed E-state index contributed by atoms with van der Waals surface area (Å²) in [5, 5.41) is 22.1. The average molecular weight is 344 g/mol. The van der Waals surface area contributed by atoms with E-state index in [9.17, 15) is 20.2 Å². The molecule has 0 bridgehead atoms. The first-order valence-electron chi connectivity index (χ1n) is 6.30. The summed E-state index contributed by atoms with van der Waals surface area (Å²) in [6.07, 6.45) is 1.75. The molecule has 0 saturated carbocycles. The van der Waals surface area contributed by atoms with Crippen LogP contribution < -0.4 is 5.56 Å². The molecule has 1 aromatic carbocycles. The highest BCUT2D eigenvalue weighted by atomic mass is 32.2. The minimum absolute atomic E-state index is 0.00318. The van der Waals surface area contributed by atoms with Crippen molar-refractivity contribution in [3.8, 4) is 17.3 Å². The highest BCUT2D eigenvalue weighted by molar-refractivity contribution is 7.98. The van der Waals surface area contributed by atoms with Gasteiger partial charge in [0, 0.05) is 23.1 Å². The molecule has 3 rings (SSSR count). The fourth-order valence-electron chi connectivity index (χ4n) is 2.13. The molecule has 0 radical (unpaired) electrons. The van der Waals surface area contributed by atoms with Gasteiger partial charge >= 0.3 is 0 Å². The second-order valence-electron chi connectivity index (χ2n) is 4.46. The van der Waals surface area contributed by atoms with Crippen LogP contribution in [-0.4, -0.2) is 20.6 Å². The van der Waals surface area contributed by atoms with Crippen LogP contribution in [0.4, 0.5) is 5.69 Å². The maximum absolute atomic E-state index is 12.6. The second kappa shape index (κ2) is 5.83. The lowest BCUT2D eigenvalue weighted by molar-refractivity contribution is -0.384. The molecule has 0 N–H and O–H groups in total. The summed E-state index contributed by atoms with van der Waals surface area (Å²) in [4.78, 5) is 27.6.